The van der Waals surface area contributed by atoms with Crippen LogP contribution in [0.3, 0.4) is 0 Å². The van der Waals surface area contributed by atoms with Gasteiger partial charge in [0.05, 0.1) is 6.21 Å². The third-order valence-corrected chi connectivity index (χ3v) is 4.39. The number of nitrogens with one attached hydrogen (secondary N) is 2. The molecule has 0 spiro atoms. The van der Waals surface area contributed by atoms with E-state index in [9.17, 15) is 4.79 Å². The van der Waals surface area contributed by atoms with Crippen LogP contribution in [0.25, 0.3) is 0 Å². The molecule has 28 heavy (non-hydrogen) atoms. The third-order valence-electron chi connectivity index (χ3n) is 4.02. The van der Waals surface area contributed by atoms with Crippen LogP contribution in [0.15, 0.2) is 77.9 Å². The van der Waals surface area contributed by atoms with Gasteiger partial charge in [-0.25, -0.2) is 10.2 Å². The zero-order chi connectivity index (χ0) is 19.8. The van der Waals surface area contributed by atoms with Crippen LogP contribution in [0.5, 0.6) is 5.75 Å². The van der Waals surface area contributed by atoms with Gasteiger partial charge in [0.15, 0.2) is 0 Å². The maximum Gasteiger partial charge on any atom is 0.339 e. The predicted octanol–water partition coefficient (Wildman–Crippen LogP) is 5.38. The summed E-state index contributed by atoms with van der Waals surface area (Å²) in [4.78, 5) is 12.0. The Bertz CT molecular complexity index is 989. The topological polar surface area (TPSA) is 62.7 Å². The third kappa shape index (κ3) is 5.34. The number of hydrogen-bond acceptors (Lipinski definition) is 3. The summed E-state index contributed by atoms with van der Waals surface area (Å²) < 4.78 is 5.87. The molecule has 0 heterocycles. The molecule has 0 radical (unpaired) electrons. The lowest BCUT2D eigenvalue weighted by Gasteiger charge is -2.10. The summed E-state index contributed by atoms with van der Waals surface area (Å²) in [5.41, 5.74) is 5.80. The fourth-order valence-electron chi connectivity index (χ4n) is 2.51. The van der Waals surface area contributed by atoms with E-state index in [1.54, 1.807) is 6.21 Å². The van der Waals surface area contributed by atoms with Crippen molar-refractivity contribution in [3.05, 3.63) is 94.5 Å². The van der Waals surface area contributed by atoms with E-state index in [4.69, 9.17) is 16.3 Å². The van der Waals surface area contributed by atoms with E-state index in [1.165, 1.54) is 0 Å². The monoisotopic (exact) mass is 393 g/mol. The summed E-state index contributed by atoms with van der Waals surface area (Å²) in [5.74, 6) is 0.646. The van der Waals surface area contributed by atoms with Crippen molar-refractivity contribution < 1.29 is 9.53 Å². The first kappa shape index (κ1) is 19.5. The van der Waals surface area contributed by atoms with Gasteiger partial charge in [-0.2, -0.15) is 5.10 Å². The second-order valence-electron chi connectivity index (χ2n) is 6.06. The summed E-state index contributed by atoms with van der Waals surface area (Å²) in [7, 11) is 0. The fraction of sp³-hybridized carbons (Fsp3) is 0.0909. The Balaban J connectivity index is 1.60. The number of para-hydroxylation sites is 2. The zero-order valence-electron chi connectivity index (χ0n) is 15.4. The molecule has 6 heteroatoms. The number of anilines is 1. The fourth-order valence-corrected chi connectivity index (χ4v) is 2.70. The van der Waals surface area contributed by atoms with E-state index >= 15 is 0 Å². The number of halogens is 1. The second-order valence-corrected chi connectivity index (χ2v) is 6.46. The molecule has 0 saturated heterocycles. The lowest BCUT2D eigenvalue weighted by atomic mass is 10.2. The number of ether oxygens (including phenoxy) is 1. The van der Waals surface area contributed by atoms with Crippen LogP contribution in [0.4, 0.5) is 10.5 Å². The average molecular weight is 394 g/mol. The van der Waals surface area contributed by atoms with Crippen molar-refractivity contribution in [1.29, 1.82) is 0 Å². The van der Waals surface area contributed by atoms with Crippen molar-refractivity contribution in [2.45, 2.75) is 13.5 Å². The van der Waals surface area contributed by atoms with Crippen LogP contribution in [0.2, 0.25) is 5.02 Å². The molecule has 0 aliphatic carbocycles. The summed E-state index contributed by atoms with van der Waals surface area (Å²) in [6.07, 6.45) is 1.54. The summed E-state index contributed by atoms with van der Waals surface area (Å²) >= 11 is 6.17. The molecule has 3 rings (SSSR count). The van der Waals surface area contributed by atoms with E-state index in [2.05, 4.69) is 15.8 Å². The minimum atomic E-state index is -0.417. The molecule has 0 saturated carbocycles. The molecule has 2 amide bonds. The largest absolute Gasteiger partial charge is 0.488 e. The Labute approximate surface area is 169 Å². The highest BCUT2D eigenvalue weighted by atomic mass is 35.5. The normalized spacial score (nSPS) is 10.6. The lowest BCUT2D eigenvalue weighted by molar-refractivity contribution is 0.252. The Kier molecular flexibility index (Phi) is 6.65. The van der Waals surface area contributed by atoms with Crippen molar-refractivity contribution in [3.8, 4) is 5.75 Å². The SMILES string of the molecule is Cc1ccccc1NC(=O)NN=Cc1ccccc1OCc1ccccc1Cl. The number of carbonyl (C=O) groups excluding carboxylic acids is 1. The Morgan fingerprint density at radius 2 is 1.75 bits per heavy atom. The number of amides is 2. The number of hydrazone groups is 1. The van der Waals surface area contributed by atoms with Crippen molar-refractivity contribution >= 4 is 29.5 Å². The van der Waals surface area contributed by atoms with Crippen LogP contribution in [0.1, 0.15) is 16.7 Å². The quantitative estimate of drug-likeness (QED) is 0.436. The standard InChI is InChI=1S/C22H20ClN3O2/c1-16-8-2-6-12-20(16)25-22(27)26-24-14-17-9-4-7-13-21(17)28-15-18-10-3-5-11-19(18)23/h2-14H,15H2,1H3,(H2,25,26,27). The second kappa shape index (κ2) is 9.58. The van der Waals surface area contributed by atoms with Crippen molar-refractivity contribution in [2.75, 3.05) is 5.32 Å². The van der Waals surface area contributed by atoms with Gasteiger partial charge < -0.3 is 10.1 Å². The van der Waals surface area contributed by atoms with Crippen molar-refractivity contribution in [1.82, 2.24) is 5.43 Å². The molecule has 5 nitrogen and oxygen atoms in total. The van der Waals surface area contributed by atoms with Crippen LogP contribution < -0.4 is 15.5 Å². The molecule has 0 unspecified atom stereocenters. The average Bonchev–Trinajstić information content (AvgIpc) is 2.70. The van der Waals surface area contributed by atoms with Gasteiger partial charge in [0.2, 0.25) is 0 Å². The smallest absolute Gasteiger partial charge is 0.339 e. The van der Waals surface area contributed by atoms with Gasteiger partial charge in [-0.05, 0) is 36.8 Å². The first-order valence-corrected chi connectivity index (χ1v) is 9.12. The minimum absolute atomic E-state index is 0.339. The number of carbonyl (C=O) groups is 1. The molecule has 0 fully saturated rings. The molecule has 3 aromatic carbocycles. The Morgan fingerprint density at radius 1 is 1.04 bits per heavy atom. The molecule has 0 bridgehead atoms. The Hall–Kier alpha value is -3.31. The van der Waals surface area contributed by atoms with Gasteiger partial charge in [0.25, 0.3) is 0 Å². The van der Waals surface area contributed by atoms with Crippen LogP contribution >= 0.6 is 11.6 Å². The van der Waals surface area contributed by atoms with Gasteiger partial charge in [-0.1, -0.05) is 60.1 Å². The maximum absolute atomic E-state index is 12.0. The summed E-state index contributed by atoms with van der Waals surface area (Å²) in [5, 5.41) is 7.42. The van der Waals surface area contributed by atoms with E-state index in [0.29, 0.717) is 17.4 Å². The van der Waals surface area contributed by atoms with Gasteiger partial charge >= 0.3 is 6.03 Å². The maximum atomic E-state index is 12.0. The van der Waals surface area contributed by atoms with Gasteiger partial charge in [0.1, 0.15) is 12.4 Å². The Morgan fingerprint density at radius 3 is 2.57 bits per heavy atom. The summed E-state index contributed by atoms with van der Waals surface area (Å²) in [6, 6.07) is 22.1. The predicted molar refractivity (Wildman–Crippen MR) is 113 cm³/mol. The number of rotatable bonds is 6. The van der Waals surface area contributed by atoms with E-state index in [0.717, 1.165) is 22.4 Å². The van der Waals surface area contributed by atoms with Crippen LogP contribution in [0, 0.1) is 6.92 Å². The minimum Gasteiger partial charge on any atom is -0.488 e. The van der Waals surface area contributed by atoms with Crippen molar-refractivity contribution in [3.63, 3.8) is 0 Å². The molecule has 0 aromatic heterocycles. The summed E-state index contributed by atoms with van der Waals surface area (Å²) in [6.45, 7) is 2.26. The van der Waals surface area contributed by atoms with E-state index in [1.807, 2.05) is 79.7 Å². The first-order valence-electron chi connectivity index (χ1n) is 8.74. The molecule has 2 N–H and O–H groups in total. The van der Waals surface area contributed by atoms with E-state index in [-0.39, 0.29) is 0 Å². The molecule has 0 atom stereocenters. The molecule has 3 aromatic rings. The number of nitrogens with zero attached hydrogens (tertiary/aromatic N) is 1. The molecular formula is C22H20ClN3O2. The van der Waals surface area contributed by atoms with Crippen molar-refractivity contribution in [2.24, 2.45) is 5.10 Å². The highest BCUT2D eigenvalue weighted by molar-refractivity contribution is 6.31. The number of urea groups is 1. The van der Waals surface area contributed by atoms with Gasteiger partial charge in [-0.15, -0.1) is 0 Å². The highest BCUT2D eigenvalue weighted by Gasteiger charge is 2.05. The van der Waals surface area contributed by atoms with Gasteiger partial charge in [-0.3, -0.25) is 0 Å². The first-order chi connectivity index (χ1) is 13.6. The van der Waals surface area contributed by atoms with Crippen LogP contribution in [-0.2, 0) is 6.61 Å². The number of aryl methyl sites for hydroxylation is 1. The number of benzene rings is 3. The van der Waals surface area contributed by atoms with Gasteiger partial charge in [0, 0.05) is 21.8 Å². The van der Waals surface area contributed by atoms with Crippen LogP contribution in [-0.4, -0.2) is 12.2 Å². The molecule has 142 valence electrons. The molecular weight excluding hydrogens is 374 g/mol. The molecule has 0 aliphatic rings. The highest BCUT2D eigenvalue weighted by Crippen LogP contribution is 2.21. The molecule has 0 aliphatic heterocycles. The lowest BCUT2D eigenvalue weighted by Crippen LogP contribution is -2.24. The zero-order valence-corrected chi connectivity index (χ0v) is 16.1. The number of hydrogen-bond donors (Lipinski definition) is 2. The van der Waals surface area contributed by atoms with E-state index < -0.39 is 6.03 Å².